The van der Waals surface area contributed by atoms with Crippen LogP contribution in [0, 0.1) is 0 Å². The Morgan fingerprint density at radius 3 is 1.86 bits per heavy atom. The van der Waals surface area contributed by atoms with Gasteiger partial charge in [0.05, 0.1) is 0 Å². The monoisotopic (exact) mass is 500 g/mol. The van der Waals surface area contributed by atoms with Gasteiger partial charge in [0, 0.05) is 56.1 Å². The van der Waals surface area contributed by atoms with E-state index in [-0.39, 0.29) is 0 Å². The van der Waals surface area contributed by atoms with E-state index < -0.39 is 0 Å². The van der Waals surface area contributed by atoms with E-state index in [4.69, 9.17) is 0 Å². The summed E-state index contributed by atoms with van der Waals surface area (Å²) in [6.07, 6.45) is 9.48. The summed E-state index contributed by atoms with van der Waals surface area (Å²) >= 11 is 0. The Morgan fingerprint density at radius 1 is 0.676 bits per heavy atom. The van der Waals surface area contributed by atoms with Gasteiger partial charge in [-0.2, -0.15) is 0 Å². The number of piperazine rings is 1. The zero-order valence-electron chi connectivity index (χ0n) is 23.1. The fourth-order valence-electron chi connectivity index (χ4n) is 8.31. The van der Waals surface area contributed by atoms with Gasteiger partial charge in [0.25, 0.3) is 0 Å². The molecule has 1 aliphatic carbocycles. The number of hydrogen-bond acceptors (Lipinski definition) is 4. The van der Waals surface area contributed by atoms with Crippen molar-refractivity contribution in [3.63, 3.8) is 0 Å². The van der Waals surface area contributed by atoms with Gasteiger partial charge in [0.1, 0.15) is 0 Å². The molecule has 2 aromatic rings. The second kappa shape index (κ2) is 11.6. The van der Waals surface area contributed by atoms with Gasteiger partial charge in [-0.1, -0.05) is 67.1 Å². The molecule has 7 rings (SSSR count). The van der Waals surface area contributed by atoms with Gasteiger partial charge in [0.2, 0.25) is 0 Å². The Hall–Kier alpha value is -1.72. The Balaban J connectivity index is 1.33. The highest BCUT2D eigenvalue weighted by Gasteiger charge is 2.54. The molecule has 2 atom stereocenters. The average Bonchev–Trinajstić information content (AvgIpc) is 3.22. The van der Waals surface area contributed by atoms with E-state index in [1.54, 1.807) is 11.1 Å². The molecule has 0 spiro atoms. The predicted molar refractivity (Wildman–Crippen MR) is 154 cm³/mol. The topological polar surface area (TPSA) is 13.0 Å². The third kappa shape index (κ3) is 5.54. The highest BCUT2D eigenvalue weighted by Crippen LogP contribution is 2.54. The van der Waals surface area contributed by atoms with Crippen LogP contribution in [0.3, 0.4) is 0 Å². The van der Waals surface area contributed by atoms with Gasteiger partial charge < -0.3 is 9.80 Å². The van der Waals surface area contributed by atoms with Gasteiger partial charge in [-0.05, 0) is 82.9 Å². The number of piperidine rings is 1. The van der Waals surface area contributed by atoms with Crippen LogP contribution in [-0.4, -0.2) is 97.1 Å². The second-order valence-corrected chi connectivity index (χ2v) is 12.5. The van der Waals surface area contributed by atoms with Gasteiger partial charge in [0.15, 0.2) is 0 Å². The van der Waals surface area contributed by atoms with Crippen molar-refractivity contribution in [2.75, 3.05) is 66.0 Å². The maximum atomic E-state index is 2.96. The van der Waals surface area contributed by atoms with Crippen LogP contribution in [0.15, 0.2) is 60.7 Å². The molecule has 4 heteroatoms. The summed E-state index contributed by atoms with van der Waals surface area (Å²) in [6, 6.07) is 23.8. The summed E-state index contributed by atoms with van der Waals surface area (Å²) < 4.78 is 0. The van der Waals surface area contributed by atoms with Gasteiger partial charge in [-0.3, -0.25) is 9.80 Å². The highest BCUT2D eigenvalue weighted by atomic mass is 15.3. The zero-order chi connectivity index (χ0) is 25.1. The number of nitrogens with zero attached hydrogens (tertiary/aromatic N) is 4. The van der Waals surface area contributed by atoms with Crippen LogP contribution in [0.25, 0.3) is 0 Å². The van der Waals surface area contributed by atoms with E-state index in [1.165, 1.54) is 104 Å². The Labute approximate surface area is 225 Å². The molecule has 5 fully saturated rings. The summed E-state index contributed by atoms with van der Waals surface area (Å²) in [5.41, 5.74) is 3.43. The van der Waals surface area contributed by atoms with Crippen molar-refractivity contribution in [2.24, 2.45) is 0 Å². The Bertz CT molecular complexity index is 915. The molecule has 4 aliphatic heterocycles. The van der Waals surface area contributed by atoms with Crippen LogP contribution in [0.5, 0.6) is 0 Å². The molecule has 0 N–H and O–H groups in total. The maximum Gasteiger partial charge on any atom is 0.0235 e. The number of hydrogen-bond donors (Lipinski definition) is 0. The quantitative estimate of drug-likeness (QED) is 0.512. The molecule has 0 unspecified atom stereocenters. The van der Waals surface area contributed by atoms with Crippen molar-refractivity contribution in [1.29, 1.82) is 0 Å². The lowest BCUT2D eigenvalue weighted by molar-refractivity contribution is -0.0000391. The average molecular weight is 501 g/mol. The first kappa shape index (κ1) is 25.6. The van der Waals surface area contributed by atoms with Gasteiger partial charge in [-0.25, -0.2) is 0 Å². The highest BCUT2D eigenvalue weighted by molar-refractivity contribution is 5.32. The normalized spacial score (nSPS) is 32.4. The number of rotatable bonds is 7. The lowest BCUT2D eigenvalue weighted by atomic mass is 9.63. The van der Waals surface area contributed by atoms with Crippen molar-refractivity contribution < 1.29 is 0 Å². The van der Waals surface area contributed by atoms with Crippen LogP contribution >= 0.6 is 0 Å². The van der Waals surface area contributed by atoms with Crippen LogP contribution in [0.1, 0.15) is 67.9 Å². The molecule has 0 amide bonds. The van der Waals surface area contributed by atoms with E-state index >= 15 is 0 Å². The molecule has 0 radical (unpaired) electrons. The molecular weight excluding hydrogens is 452 g/mol. The van der Waals surface area contributed by atoms with Crippen LogP contribution in [0.2, 0.25) is 0 Å². The fraction of sp³-hybridized carbons (Fsp3) is 0.636. The van der Waals surface area contributed by atoms with Crippen molar-refractivity contribution >= 4 is 0 Å². The van der Waals surface area contributed by atoms with E-state index in [1.807, 2.05) is 0 Å². The first-order chi connectivity index (χ1) is 18.2. The minimum atomic E-state index is 0.306. The third-order valence-corrected chi connectivity index (χ3v) is 10.3. The molecule has 0 aromatic heterocycles. The predicted octanol–water partition coefficient (Wildman–Crippen LogP) is 5.28. The Morgan fingerprint density at radius 2 is 1.27 bits per heavy atom. The van der Waals surface area contributed by atoms with E-state index in [0.29, 0.717) is 23.4 Å². The van der Waals surface area contributed by atoms with Crippen molar-refractivity contribution in [1.82, 2.24) is 19.6 Å². The smallest absolute Gasteiger partial charge is 0.0235 e. The number of benzene rings is 2. The molecule has 2 bridgehead atoms. The second-order valence-electron chi connectivity index (χ2n) is 12.5. The van der Waals surface area contributed by atoms with Gasteiger partial charge >= 0.3 is 0 Å². The largest absolute Gasteiger partial charge is 0.304 e. The number of likely N-dealkylation sites (N-methyl/N-ethyl adjacent to an activating group) is 1. The molecule has 2 aromatic carbocycles. The van der Waals surface area contributed by atoms with E-state index in [0.717, 1.165) is 0 Å². The van der Waals surface area contributed by atoms with Crippen molar-refractivity contribution in [3.8, 4) is 0 Å². The summed E-state index contributed by atoms with van der Waals surface area (Å²) in [7, 11) is 2.29. The fourth-order valence-corrected chi connectivity index (χ4v) is 8.31. The summed E-state index contributed by atoms with van der Waals surface area (Å²) in [5, 5.41) is 0. The lowest BCUT2D eigenvalue weighted by Gasteiger charge is -2.54. The summed E-state index contributed by atoms with van der Waals surface area (Å²) in [6.45, 7) is 11.3. The molecular formula is C33H48N4. The summed E-state index contributed by atoms with van der Waals surface area (Å²) in [5.74, 6) is 1.19. The lowest BCUT2D eigenvalue weighted by Crippen LogP contribution is -2.59. The first-order valence-corrected chi connectivity index (χ1v) is 15.2. The first-order valence-electron chi connectivity index (χ1n) is 15.2. The minimum absolute atomic E-state index is 0.306. The zero-order valence-corrected chi connectivity index (χ0v) is 23.1. The number of fused-ring (bicyclic) bond motifs is 4. The SMILES string of the molecule is CN1CCN(C23CCN(CCCN4CCCCC4)C([C@H](c4ccccc4)C2)[C@H](c2ccccc2)C3)CC1. The van der Waals surface area contributed by atoms with Crippen molar-refractivity contribution in [2.45, 2.75) is 68.4 Å². The molecule has 200 valence electrons. The number of likely N-dealkylation sites (tertiary alicyclic amines) is 1. The molecule has 1 saturated carbocycles. The van der Waals surface area contributed by atoms with E-state index in [2.05, 4.69) is 87.3 Å². The molecule has 37 heavy (non-hydrogen) atoms. The standard InChI is InChI=1S/C33H48N4/c1-34-22-24-37(25-23-34)33-16-21-36(20-11-19-35-17-9-4-10-18-35)32(30(26-33)28-12-5-2-6-13-28)31(27-33)29-14-7-3-8-15-29/h2-3,5-8,12-15,30-32H,4,9-11,16-27H2,1H3/t30-,31-,32?,33?/m0/s1. The van der Waals surface area contributed by atoms with Crippen LogP contribution in [0.4, 0.5) is 0 Å². The van der Waals surface area contributed by atoms with E-state index in [9.17, 15) is 0 Å². The molecule has 4 nitrogen and oxygen atoms in total. The maximum absolute atomic E-state index is 2.96. The molecule has 4 saturated heterocycles. The minimum Gasteiger partial charge on any atom is -0.304 e. The van der Waals surface area contributed by atoms with Crippen LogP contribution in [-0.2, 0) is 0 Å². The third-order valence-electron chi connectivity index (χ3n) is 10.3. The van der Waals surface area contributed by atoms with Crippen molar-refractivity contribution in [3.05, 3.63) is 71.8 Å². The van der Waals surface area contributed by atoms with Crippen LogP contribution < -0.4 is 0 Å². The Kier molecular flexibility index (Phi) is 7.99. The summed E-state index contributed by atoms with van der Waals surface area (Å²) in [4.78, 5) is 11.1. The van der Waals surface area contributed by atoms with Gasteiger partial charge in [-0.15, -0.1) is 0 Å². The molecule has 4 heterocycles. The molecule has 5 aliphatic rings.